The van der Waals surface area contributed by atoms with E-state index in [1.807, 2.05) is 23.9 Å². The maximum absolute atomic E-state index is 5.94. The van der Waals surface area contributed by atoms with Crippen LogP contribution in [0.4, 0.5) is 0 Å². The molecular weight excluding hydrogens is 242 g/mol. The minimum absolute atomic E-state index is 0.318. The summed E-state index contributed by atoms with van der Waals surface area (Å²) in [5.74, 6) is 3.34. The molecule has 0 saturated carbocycles. The fraction of sp³-hybridized carbons (Fsp3) is 0.467. The number of rotatable bonds is 7. The van der Waals surface area contributed by atoms with E-state index in [-0.39, 0.29) is 0 Å². The average molecular weight is 263 g/mol. The van der Waals surface area contributed by atoms with Gasteiger partial charge in [-0.3, -0.25) is 0 Å². The molecule has 0 spiro atoms. The first-order valence-corrected chi connectivity index (χ1v) is 7.80. The summed E-state index contributed by atoms with van der Waals surface area (Å²) >= 11 is 1.98. The lowest BCUT2D eigenvalue weighted by Crippen LogP contribution is -2.22. The van der Waals surface area contributed by atoms with Gasteiger partial charge in [0.25, 0.3) is 0 Å². The van der Waals surface area contributed by atoms with Crippen LogP contribution in [0.5, 0.6) is 0 Å². The minimum Gasteiger partial charge on any atom is -0.459 e. The van der Waals surface area contributed by atoms with Crippen molar-refractivity contribution in [3.05, 3.63) is 36.1 Å². The van der Waals surface area contributed by atoms with Crippen LogP contribution in [0, 0.1) is 0 Å². The lowest BCUT2D eigenvalue weighted by atomic mass is 10.2. The van der Waals surface area contributed by atoms with Crippen LogP contribution in [0.1, 0.15) is 32.1 Å². The second kappa shape index (κ2) is 6.86. The van der Waals surface area contributed by atoms with Gasteiger partial charge in [-0.05, 0) is 30.9 Å². The van der Waals surface area contributed by atoms with E-state index < -0.39 is 0 Å². The zero-order valence-electron chi connectivity index (χ0n) is 11.1. The van der Waals surface area contributed by atoms with Gasteiger partial charge >= 0.3 is 0 Å². The molecule has 3 heteroatoms. The predicted molar refractivity (Wildman–Crippen MR) is 80.2 cm³/mol. The van der Waals surface area contributed by atoms with Crippen LogP contribution >= 0.6 is 11.8 Å². The molecule has 2 nitrogen and oxygen atoms in total. The first kappa shape index (κ1) is 13.5. The Bertz CT molecular complexity index is 447. The van der Waals surface area contributed by atoms with E-state index in [2.05, 4.69) is 37.4 Å². The van der Waals surface area contributed by atoms with E-state index in [4.69, 9.17) is 4.42 Å². The minimum atomic E-state index is 0.318. The highest BCUT2D eigenvalue weighted by atomic mass is 32.2. The zero-order valence-corrected chi connectivity index (χ0v) is 11.9. The molecule has 0 amide bonds. The van der Waals surface area contributed by atoms with E-state index in [1.54, 1.807) is 0 Å². The van der Waals surface area contributed by atoms with Crippen molar-refractivity contribution >= 4 is 22.7 Å². The molecular formula is C15H21NOS. The molecule has 0 aliphatic carbocycles. The molecule has 18 heavy (non-hydrogen) atoms. The van der Waals surface area contributed by atoms with Gasteiger partial charge < -0.3 is 9.73 Å². The van der Waals surface area contributed by atoms with Crippen molar-refractivity contribution in [2.75, 3.05) is 18.1 Å². The molecule has 98 valence electrons. The van der Waals surface area contributed by atoms with Crippen molar-refractivity contribution in [1.82, 2.24) is 5.32 Å². The summed E-state index contributed by atoms with van der Waals surface area (Å²) in [6.45, 7) is 5.32. The number of hydrogen-bond acceptors (Lipinski definition) is 3. The van der Waals surface area contributed by atoms with Gasteiger partial charge in [-0.25, -0.2) is 0 Å². The number of thioether (sulfide) groups is 1. The first-order chi connectivity index (χ1) is 8.85. The summed E-state index contributed by atoms with van der Waals surface area (Å²) in [7, 11) is 0. The maximum atomic E-state index is 5.94. The Labute approximate surface area is 113 Å². The Morgan fingerprint density at radius 1 is 1.28 bits per heavy atom. The summed E-state index contributed by atoms with van der Waals surface area (Å²) in [6, 6.07) is 10.7. The van der Waals surface area contributed by atoms with Crippen molar-refractivity contribution in [3.63, 3.8) is 0 Å². The molecule has 0 aliphatic heterocycles. The molecule has 1 aromatic carbocycles. The standard InChI is InChI=1S/C15H21NOS/c1-3-9-18-11-13(16-4-2)15-10-12-7-5-6-8-14(12)17-15/h5-8,10,13,16H,3-4,9,11H2,1-2H3. The Hall–Kier alpha value is -0.930. The van der Waals surface area contributed by atoms with E-state index >= 15 is 0 Å². The van der Waals surface area contributed by atoms with Gasteiger partial charge in [0.05, 0.1) is 6.04 Å². The summed E-state index contributed by atoms with van der Waals surface area (Å²) in [4.78, 5) is 0. The molecule has 0 fully saturated rings. The van der Waals surface area contributed by atoms with Crippen LogP contribution in [0.2, 0.25) is 0 Å². The van der Waals surface area contributed by atoms with Gasteiger partial charge in [-0.1, -0.05) is 32.0 Å². The van der Waals surface area contributed by atoms with Crippen LogP contribution in [0.15, 0.2) is 34.7 Å². The number of hydrogen-bond donors (Lipinski definition) is 1. The quantitative estimate of drug-likeness (QED) is 0.757. The van der Waals surface area contributed by atoms with Gasteiger partial charge in [0, 0.05) is 11.1 Å². The number of fused-ring (bicyclic) bond motifs is 1. The fourth-order valence-electron chi connectivity index (χ4n) is 2.01. The zero-order chi connectivity index (χ0) is 12.8. The van der Waals surface area contributed by atoms with Crippen LogP contribution in [0.25, 0.3) is 11.0 Å². The molecule has 0 radical (unpaired) electrons. The number of benzene rings is 1. The second-order valence-electron chi connectivity index (χ2n) is 4.37. The van der Waals surface area contributed by atoms with E-state index in [0.29, 0.717) is 6.04 Å². The molecule has 2 rings (SSSR count). The molecule has 1 unspecified atom stereocenters. The molecule has 2 aromatic rings. The predicted octanol–water partition coefficient (Wildman–Crippen LogP) is 4.23. The molecule has 1 N–H and O–H groups in total. The highest BCUT2D eigenvalue weighted by Gasteiger charge is 2.15. The molecule has 0 saturated heterocycles. The third-order valence-electron chi connectivity index (χ3n) is 2.87. The topological polar surface area (TPSA) is 25.2 Å². The van der Waals surface area contributed by atoms with Crippen molar-refractivity contribution in [2.24, 2.45) is 0 Å². The summed E-state index contributed by atoms with van der Waals surface area (Å²) < 4.78 is 5.94. The lowest BCUT2D eigenvalue weighted by Gasteiger charge is -2.14. The van der Waals surface area contributed by atoms with E-state index in [0.717, 1.165) is 23.6 Å². The van der Waals surface area contributed by atoms with Crippen LogP contribution in [-0.2, 0) is 0 Å². The third-order valence-corrected chi connectivity index (χ3v) is 4.14. The molecule has 0 aliphatic rings. The number of para-hydroxylation sites is 1. The van der Waals surface area contributed by atoms with Gasteiger partial charge in [0.15, 0.2) is 0 Å². The molecule has 1 heterocycles. The average Bonchev–Trinajstić information content (AvgIpc) is 2.81. The van der Waals surface area contributed by atoms with Gasteiger partial charge in [0.1, 0.15) is 11.3 Å². The van der Waals surface area contributed by atoms with E-state index in [1.165, 1.54) is 17.6 Å². The van der Waals surface area contributed by atoms with Crippen molar-refractivity contribution < 1.29 is 4.42 Å². The second-order valence-corrected chi connectivity index (χ2v) is 5.52. The monoisotopic (exact) mass is 263 g/mol. The normalized spacial score (nSPS) is 13.0. The Balaban J connectivity index is 2.13. The van der Waals surface area contributed by atoms with Gasteiger partial charge in [-0.15, -0.1) is 0 Å². The van der Waals surface area contributed by atoms with Gasteiger partial charge in [-0.2, -0.15) is 11.8 Å². The van der Waals surface area contributed by atoms with Crippen LogP contribution in [-0.4, -0.2) is 18.1 Å². The van der Waals surface area contributed by atoms with Crippen molar-refractivity contribution in [1.29, 1.82) is 0 Å². The Kier molecular flexibility index (Phi) is 5.14. The largest absolute Gasteiger partial charge is 0.459 e. The van der Waals surface area contributed by atoms with Gasteiger partial charge in [0.2, 0.25) is 0 Å². The number of nitrogens with one attached hydrogen (secondary N) is 1. The Morgan fingerprint density at radius 2 is 2.11 bits per heavy atom. The Morgan fingerprint density at radius 3 is 2.83 bits per heavy atom. The molecule has 0 bridgehead atoms. The highest BCUT2D eigenvalue weighted by molar-refractivity contribution is 7.99. The summed E-state index contributed by atoms with van der Waals surface area (Å²) in [5, 5.41) is 4.69. The first-order valence-electron chi connectivity index (χ1n) is 6.64. The van der Waals surface area contributed by atoms with Crippen molar-refractivity contribution in [2.45, 2.75) is 26.3 Å². The fourth-order valence-corrected chi connectivity index (χ4v) is 2.98. The SMILES string of the molecule is CCCSCC(NCC)c1cc2ccccc2o1. The smallest absolute Gasteiger partial charge is 0.134 e. The summed E-state index contributed by atoms with van der Waals surface area (Å²) in [5.41, 5.74) is 0.982. The van der Waals surface area contributed by atoms with E-state index in [9.17, 15) is 0 Å². The highest BCUT2D eigenvalue weighted by Crippen LogP contribution is 2.26. The molecule has 1 aromatic heterocycles. The number of furan rings is 1. The molecule has 1 atom stereocenters. The van der Waals surface area contributed by atoms with Crippen LogP contribution in [0.3, 0.4) is 0 Å². The van der Waals surface area contributed by atoms with Crippen molar-refractivity contribution in [3.8, 4) is 0 Å². The lowest BCUT2D eigenvalue weighted by molar-refractivity contribution is 0.464. The third kappa shape index (κ3) is 3.30. The maximum Gasteiger partial charge on any atom is 0.134 e. The summed E-state index contributed by atoms with van der Waals surface area (Å²) in [6.07, 6.45) is 1.23. The van der Waals surface area contributed by atoms with Crippen LogP contribution < -0.4 is 5.32 Å².